The maximum Gasteiger partial charge on any atom is 0.0666 e. The van der Waals surface area contributed by atoms with Crippen molar-refractivity contribution in [3.05, 3.63) is 70.2 Å². The number of aromatic nitrogens is 1. The first-order chi connectivity index (χ1) is 12.7. The quantitative estimate of drug-likeness (QED) is 0.376. The van der Waals surface area contributed by atoms with Crippen LogP contribution in [-0.2, 0) is 6.42 Å². The fraction of sp³-hybridized carbons (Fsp3) is 0.182. The molecule has 0 atom stereocenters. The first kappa shape index (κ1) is 17.4. The average Bonchev–Trinajstić information content (AvgIpc) is 3.05. The van der Waals surface area contributed by atoms with Crippen molar-refractivity contribution in [1.29, 1.82) is 0 Å². The van der Waals surface area contributed by atoms with E-state index in [1.54, 1.807) is 0 Å². The topological polar surface area (TPSA) is 41.8 Å². The smallest absolute Gasteiger partial charge is 0.0666 e. The number of hydrogen-bond acceptors (Lipinski definition) is 1. The van der Waals surface area contributed by atoms with E-state index < -0.39 is 0 Å². The maximum atomic E-state index is 6.56. The number of nitrogens with one attached hydrogen (secondary N) is 1. The minimum absolute atomic E-state index is 0.691. The molecule has 0 amide bonds. The Kier molecular flexibility index (Phi) is 4.90. The lowest BCUT2D eigenvalue weighted by Crippen LogP contribution is -1.99. The molecule has 0 aliphatic rings. The summed E-state index contributed by atoms with van der Waals surface area (Å²) >= 11 is 13.0. The van der Waals surface area contributed by atoms with E-state index in [9.17, 15) is 0 Å². The van der Waals surface area contributed by atoms with E-state index in [4.69, 9.17) is 28.9 Å². The predicted molar refractivity (Wildman–Crippen MR) is 113 cm³/mol. The molecule has 3 N–H and O–H groups in total. The van der Waals surface area contributed by atoms with Crippen LogP contribution in [-0.4, -0.2) is 11.5 Å². The van der Waals surface area contributed by atoms with Crippen molar-refractivity contribution in [2.24, 2.45) is 5.73 Å². The van der Waals surface area contributed by atoms with Crippen molar-refractivity contribution in [1.82, 2.24) is 4.98 Å². The van der Waals surface area contributed by atoms with Crippen molar-refractivity contribution in [3.63, 3.8) is 0 Å². The number of aromatic amines is 1. The second kappa shape index (κ2) is 7.32. The van der Waals surface area contributed by atoms with Gasteiger partial charge in [0.05, 0.1) is 21.3 Å². The maximum absolute atomic E-state index is 6.56. The van der Waals surface area contributed by atoms with E-state index in [2.05, 4.69) is 47.4 Å². The molecule has 0 spiro atoms. The molecule has 0 saturated carbocycles. The number of halogens is 2. The second-order valence-corrected chi connectivity index (χ2v) is 7.34. The zero-order chi connectivity index (χ0) is 18.1. The number of aryl methyl sites for hydroxylation is 1. The summed E-state index contributed by atoms with van der Waals surface area (Å²) in [5.41, 5.74) is 10.1. The summed E-state index contributed by atoms with van der Waals surface area (Å²) in [4.78, 5) is 3.56. The normalized spacial score (nSPS) is 11.5. The number of fused-ring (bicyclic) bond motifs is 2. The average molecular weight is 383 g/mol. The zero-order valence-corrected chi connectivity index (χ0v) is 15.9. The first-order valence-electron chi connectivity index (χ1n) is 8.87. The molecule has 0 unspecified atom stereocenters. The fourth-order valence-electron chi connectivity index (χ4n) is 3.66. The van der Waals surface area contributed by atoms with Gasteiger partial charge in [0.15, 0.2) is 0 Å². The molecule has 0 bridgehead atoms. The third-order valence-corrected chi connectivity index (χ3v) is 5.53. The molecule has 0 saturated heterocycles. The molecule has 4 heteroatoms. The molecule has 2 nitrogen and oxygen atoms in total. The highest BCUT2D eigenvalue weighted by Gasteiger charge is 2.18. The number of H-pyrrole nitrogens is 1. The van der Waals surface area contributed by atoms with Crippen LogP contribution in [0.4, 0.5) is 0 Å². The Morgan fingerprint density at radius 2 is 1.62 bits per heavy atom. The number of rotatable bonds is 5. The molecule has 3 aromatic carbocycles. The molecule has 1 heterocycles. The van der Waals surface area contributed by atoms with E-state index in [0.29, 0.717) is 11.6 Å². The van der Waals surface area contributed by atoms with Crippen LogP contribution in [0.15, 0.2) is 54.6 Å². The van der Waals surface area contributed by atoms with Gasteiger partial charge in [0, 0.05) is 10.9 Å². The van der Waals surface area contributed by atoms with Crippen LogP contribution in [0.3, 0.4) is 0 Å². The fourth-order valence-corrected chi connectivity index (χ4v) is 4.14. The lowest BCUT2D eigenvalue weighted by Gasteiger charge is -2.09. The summed E-state index contributed by atoms with van der Waals surface area (Å²) in [5.74, 6) is 0. The van der Waals surface area contributed by atoms with Gasteiger partial charge in [0.1, 0.15) is 0 Å². The van der Waals surface area contributed by atoms with Crippen molar-refractivity contribution in [3.8, 4) is 11.3 Å². The molecule has 0 aliphatic heterocycles. The minimum atomic E-state index is 0.691. The van der Waals surface area contributed by atoms with Crippen molar-refractivity contribution >= 4 is 44.9 Å². The molecule has 132 valence electrons. The van der Waals surface area contributed by atoms with Crippen LogP contribution in [0.5, 0.6) is 0 Å². The van der Waals surface area contributed by atoms with Crippen LogP contribution in [0, 0.1) is 0 Å². The Labute approximate surface area is 162 Å². The van der Waals surface area contributed by atoms with Gasteiger partial charge in [-0.2, -0.15) is 0 Å². The Hall–Kier alpha value is -2.00. The highest BCUT2D eigenvalue weighted by atomic mass is 35.5. The van der Waals surface area contributed by atoms with Crippen molar-refractivity contribution in [2.45, 2.75) is 19.3 Å². The van der Waals surface area contributed by atoms with Crippen LogP contribution in [0.25, 0.3) is 32.9 Å². The van der Waals surface area contributed by atoms with Gasteiger partial charge < -0.3 is 10.7 Å². The number of hydrogen-bond donors (Lipinski definition) is 2. The highest BCUT2D eigenvalue weighted by Crippen LogP contribution is 2.40. The van der Waals surface area contributed by atoms with Gasteiger partial charge in [-0.15, -0.1) is 0 Å². The zero-order valence-electron chi connectivity index (χ0n) is 14.4. The van der Waals surface area contributed by atoms with Gasteiger partial charge in [-0.25, -0.2) is 0 Å². The summed E-state index contributed by atoms with van der Waals surface area (Å²) in [6, 6.07) is 18.5. The van der Waals surface area contributed by atoms with Crippen molar-refractivity contribution in [2.75, 3.05) is 6.54 Å². The molecule has 26 heavy (non-hydrogen) atoms. The Morgan fingerprint density at radius 3 is 2.46 bits per heavy atom. The van der Waals surface area contributed by atoms with Gasteiger partial charge in [-0.05, 0) is 54.3 Å². The number of benzene rings is 3. The highest BCUT2D eigenvalue weighted by molar-refractivity contribution is 6.40. The van der Waals surface area contributed by atoms with Gasteiger partial charge >= 0.3 is 0 Å². The molecule has 1 aromatic heterocycles. The van der Waals surface area contributed by atoms with Crippen LogP contribution >= 0.6 is 23.2 Å². The van der Waals surface area contributed by atoms with Gasteiger partial charge in [-0.1, -0.05) is 65.7 Å². The van der Waals surface area contributed by atoms with Gasteiger partial charge in [0.25, 0.3) is 0 Å². The summed E-state index contributed by atoms with van der Waals surface area (Å²) in [6.45, 7) is 0.695. The predicted octanol–water partition coefficient (Wildman–Crippen LogP) is 6.58. The molecular formula is C22H20Cl2N2. The molecule has 4 aromatic rings. The molecule has 4 rings (SSSR count). The molecule has 0 aliphatic carbocycles. The third-order valence-electron chi connectivity index (χ3n) is 4.90. The van der Waals surface area contributed by atoms with Gasteiger partial charge in [-0.3, -0.25) is 0 Å². The second-order valence-electron chi connectivity index (χ2n) is 6.53. The monoisotopic (exact) mass is 382 g/mol. The Morgan fingerprint density at radius 1 is 0.846 bits per heavy atom. The largest absolute Gasteiger partial charge is 0.353 e. The minimum Gasteiger partial charge on any atom is -0.353 e. The molecular weight excluding hydrogens is 363 g/mol. The van der Waals surface area contributed by atoms with E-state index in [-0.39, 0.29) is 0 Å². The summed E-state index contributed by atoms with van der Waals surface area (Å²) in [7, 11) is 0. The number of nitrogens with two attached hydrogens (primary N) is 1. The SMILES string of the molecule is NCCCCc1c(-c2cccc3ccccc23)[nH]c2c(Cl)ccc(Cl)c12. The molecule has 0 fully saturated rings. The lowest BCUT2D eigenvalue weighted by atomic mass is 9.96. The van der Waals surface area contributed by atoms with Crippen LogP contribution in [0.2, 0.25) is 10.0 Å². The van der Waals surface area contributed by atoms with Gasteiger partial charge in [0.2, 0.25) is 0 Å². The van der Waals surface area contributed by atoms with Crippen LogP contribution < -0.4 is 5.73 Å². The third kappa shape index (κ3) is 2.99. The standard InChI is InChI=1S/C22H20Cl2N2/c23-18-11-12-19(24)22-20(18)17(9-3-4-13-25)21(26-22)16-10-5-7-14-6-1-2-8-15(14)16/h1-2,5-8,10-12,26H,3-4,9,13,25H2. The van der Waals surface area contributed by atoms with E-state index in [1.165, 1.54) is 21.9 Å². The van der Waals surface area contributed by atoms with E-state index in [0.717, 1.165) is 40.9 Å². The first-order valence-corrected chi connectivity index (χ1v) is 9.63. The summed E-state index contributed by atoms with van der Waals surface area (Å²) in [6.07, 6.45) is 2.92. The Bertz CT molecular complexity index is 1080. The van der Waals surface area contributed by atoms with E-state index >= 15 is 0 Å². The molecule has 0 radical (unpaired) electrons. The van der Waals surface area contributed by atoms with Crippen molar-refractivity contribution < 1.29 is 0 Å². The lowest BCUT2D eigenvalue weighted by molar-refractivity contribution is 0.748. The number of unbranched alkanes of at least 4 members (excludes halogenated alkanes) is 1. The summed E-state index contributed by atoms with van der Waals surface area (Å²) < 4.78 is 0. The Balaban J connectivity index is 2.00. The summed E-state index contributed by atoms with van der Waals surface area (Å²) in [5, 5.41) is 4.88. The van der Waals surface area contributed by atoms with Crippen LogP contribution in [0.1, 0.15) is 18.4 Å². The van der Waals surface area contributed by atoms with E-state index in [1.807, 2.05) is 12.1 Å².